The molecule has 1 heterocycles. The molecule has 0 N–H and O–H groups in total. The minimum atomic E-state index is -0.479. The van der Waals surface area contributed by atoms with Crippen LogP contribution < -0.4 is 0 Å². The summed E-state index contributed by atoms with van der Waals surface area (Å²) in [5.74, 6) is -0.217. The highest BCUT2D eigenvalue weighted by molar-refractivity contribution is 6.16. The van der Waals surface area contributed by atoms with E-state index in [9.17, 15) is 4.39 Å². The van der Waals surface area contributed by atoms with Crippen molar-refractivity contribution in [3.05, 3.63) is 29.8 Å². The van der Waals surface area contributed by atoms with Gasteiger partial charge < -0.3 is 0 Å². The number of aromatic nitrogens is 1. The molecule has 0 fully saturated rings. The molecule has 0 saturated carbocycles. The Kier molecular flexibility index (Phi) is 2.01. The van der Waals surface area contributed by atoms with Crippen molar-refractivity contribution in [2.45, 2.75) is 5.88 Å². The van der Waals surface area contributed by atoms with Gasteiger partial charge in [0.25, 0.3) is 0 Å². The van der Waals surface area contributed by atoms with Gasteiger partial charge in [0, 0.05) is 0 Å². The molecule has 0 unspecified atom stereocenters. The quantitative estimate of drug-likeness (QED) is 0.436. The third-order valence-corrected chi connectivity index (χ3v) is 1.18. The summed E-state index contributed by atoms with van der Waals surface area (Å²) < 4.78 is 12.2. The van der Waals surface area contributed by atoms with Crippen LogP contribution in [-0.2, 0) is 5.88 Å². The molecule has 1 aromatic rings. The summed E-state index contributed by atoms with van der Waals surface area (Å²) in [6.45, 7) is 0. The average molecular weight is 147 g/mol. The van der Waals surface area contributed by atoms with Gasteiger partial charge >= 0.3 is 0 Å². The summed E-state index contributed by atoms with van der Waals surface area (Å²) >= 11 is 5.37. The number of halogens is 2. The molecule has 0 saturated heterocycles. The first-order valence-corrected chi connectivity index (χ1v) is 3.04. The molecule has 0 amide bonds. The standard InChI is InChI=1S/C6H5ClFN/c7-4-5-2-1-3-6(8)9-5/h1-3H,4H2/i5+1. The van der Waals surface area contributed by atoms with E-state index in [1.807, 2.05) is 0 Å². The second-order valence-corrected chi connectivity index (χ2v) is 1.85. The zero-order valence-electron chi connectivity index (χ0n) is 4.64. The largest absolute Gasteiger partial charge is 0.224 e. The molecule has 1 nitrogen and oxygen atoms in total. The Bertz CT molecular complexity index is 202. The molecule has 3 heteroatoms. The fraction of sp³-hybridized carbons (Fsp3) is 0.167. The van der Waals surface area contributed by atoms with Crippen molar-refractivity contribution in [3.8, 4) is 0 Å². The fourth-order valence-electron chi connectivity index (χ4n) is 0.525. The topological polar surface area (TPSA) is 12.9 Å². The highest BCUT2D eigenvalue weighted by Gasteiger charge is 1.91. The van der Waals surface area contributed by atoms with Crippen molar-refractivity contribution in [1.29, 1.82) is 0 Å². The van der Waals surface area contributed by atoms with Gasteiger partial charge in [0.2, 0.25) is 5.95 Å². The van der Waals surface area contributed by atoms with Crippen LogP contribution in [0.25, 0.3) is 0 Å². The number of nitrogens with zero attached hydrogens (tertiary/aromatic N) is 1. The molecule has 0 atom stereocenters. The van der Waals surface area contributed by atoms with Gasteiger partial charge in [-0.15, -0.1) is 11.6 Å². The van der Waals surface area contributed by atoms with Gasteiger partial charge in [0.15, 0.2) is 0 Å². The summed E-state index contributed by atoms with van der Waals surface area (Å²) in [7, 11) is 0. The third kappa shape index (κ3) is 1.64. The first kappa shape index (κ1) is 6.49. The molecule has 0 aliphatic heterocycles. The van der Waals surface area contributed by atoms with Crippen molar-refractivity contribution in [3.63, 3.8) is 0 Å². The lowest BCUT2D eigenvalue weighted by Gasteiger charge is -1.90. The van der Waals surface area contributed by atoms with E-state index in [0.29, 0.717) is 5.69 Å². The van der Waals surface area contributed by atoms with E-state index in [-0.39, 0.29) is 5.88 Å². The first-order chi connectivity index (χ1) is 4.33. The molecule has 1 rings (SSSR count). The Morgan fingerprint density at radius 1 is 1.56 bits per heavy atom. The summed E-state index contributed by atoms with van der Waals surface area (Å²) in [4.78, 5) is 3.49. The second kappa shape index (κ2) is 2.78. The molecule has 9 heavy (non-hydrogen) atoms. The Balaban J connectivity index is 2.94. The van der Waals surface area contributed by atoms with E-state index in [1.165, 1.54) is 6.07 Å². The van der Waals surface area contributed by atoms with Gasteiger partial charge in [-0.05, 0) is 12.1 Å². The van der Waals surface area contributed by atoms with Crippen LogP contribution in [0.15, 0.2) is 18.2 Å². The van der Waals surface area contributed by atoms with Crippen LogP contribution in [0.4, 0.5) is 4.39 Å². The van der Waals surface area contributed by atoms with E-state index in [1.54, 1.807) is 12.1 Å². The van der Waals surface area contributed by atoms with Crippen LogP contribution in [-0.4, -0.2) is 4.98 Å². The molecule has 0 spiro atoms. The first-order valence-electron chi connectivity index (χ1n) is 2.50. The van der Waals surface area contributed by atoms with Crippen LogP contribution in [0.3, 0.4) is 0 Å². The Labute approximate surface area is 57.5 Å². The number of rotatable bonds is 1. The third-order valence-electron chi connectivity index (χ3n) is 0.910. The summed E-state index contributed by atoms with van der Waals surface area (Å²) in [6, 6.07) is 4.55. The summed E-state index contributed by atoms with van der Waals surface area (Å²) in [5, 5.41) is 0. The maximum Gasteiger partial charge on any atom is 0.213 e. The number of hydrogen-bond donors (Lipinski definition) is 0. The van der Waals surface area contributed by atoms with Gasteiger partial charge in [-0.2, -0.15) is 4.39 Å². The lowest BCUT2D eigenvalue weighted by molar-refractivity contribution is 0.579. The Morgan fingerprint density at radius 3 is 2.78 bits per heavy atom. The van der Waals surface area contributed by atoms with E-state index in [0.717, 1.165) is 0 Å². The van der Waals surface area contributed by atoms with Crippen LogP contribution in [0, 0.1) is 5.95 Å². The number of hydrogen-bond acceptors (Lipinski definition) is 1. The lowest BCUT2D eigenvalue weighted by Crippen LogP contribution is -1.86. The van der Waals surface area contributed by atoms with E-state index in [4.69, 9.17) is 11.6 Å². The van der Waals surface area contributed by atoms with Crippen molar-refractivity contribution in [2.75, 3.05) is 0 Å². The number of pyridine rings is 1. The van der Waals surface area contributed by atoms with Crippen molar-refractivity contribution < 1.29 is 4.39 Å². The van der Waals surface area contributed by atoms with Crippen LogP contribution >= 0.6 is 11.6 Å². The van der Waals surface area contributed by atoms with E-state index >= 15 is 0 Å². The van der Waals surface area contributed by atoms with Gasteiger partial charge in [0.1, 0.15) is 0 Å². The molecule has 0 aliphatic rings. The van der Waals surface area contributed by atoms with E-state index in [2.05, 4.69) is 4.98 Å². The molecule has 0 aliphatic carbocycles. The van der Waals surface area contributed by atoms with Gasteiger partial charge in [-0.1, -0.05) is 6.07 Å². The van der Waals surface area contributed by atoms with Gasteiger partial charge in [0.05, 0.1) is 11.6 Å². The predicted molar refractivity (Wildman–Crippen MR) is 33.8 cm³/mol. The van der Waals surface area contributed by atoms with Crippen molar-refractivity contribution >= 4 is 11.6 Å². The highest BCUT2D eigenvalue weighted by Crippen LogP contribution is 1.99. The normalized spacial score (nSPS) is 9.56. The van der Waals surface area contributed by atoms with Crippen LogP contribution in [0.5, 0.6) is 0 Å². The zero-order valence-corrected chi connectivity index (χ0v) is 5.40. The molecule has 48 valence electrons. The van der Waals surface area contributed by atoms with Crippen LogP contribution in [0.2, 0.25) is 0 Å². The maximum atomic E-state index is 12.2. The molecule has 0 aromatic carbocycles. The van der Waals surface area contributed by atoms with Crippen molar-refractivity contribution in [2.24, 2.45) is 0 Å². The van der Waals surface area contributed by atoms with Gasteiger partial charge in [-0.25, -0.2) is 4.98 Å². The molecule has 0 radical (unpaired) electrons. The Morgan fingerprint density at radius 2 is 2.33 bits per heavy atom. The molecule has 0 bridgehead atoms. The average Bonchev–Trinajstić information content (AvgIpc) is 1.88. The van der Waals surface area contributed by atoms with Crippen LogP contribution in [0.1, 0.15) is 5.69 Å². The van der Waals surface area contributed by atoms with Gasteiger partial charge in [-0.3, -0.25) is 0 Å². The summed E-state index contributed by atoms with van der Waals surface area (Å²) in [6.07, 6.45) is 0. The maximum absolute atomic E-state index is 12.2. The number of alkyl halides is 1. The SMILES string of the molecule is Fc1ccc[13c](CCl)n1. The second-order valence-electron chi connectivity index (χ2n) is 1.59. The highest BCUT2D eigenvalue weighted by atomic mass is 35.5. The summed E-state index contributed by atoms with van der Waals surface area (Å²) in [5.41, 5.74) is 0.566. The molecule has 1 aromatic heterocycles. The Hall–Kier alpha value is -0.630. The van der Waals surface area contributed by atoms with Crippen molar-refractivity contribution in [1.82, 2.24) is 4.98 Å². The minimum Gasteiger partial charge on any atom is -0.224 e. The fourth-order valence-corrected chi connectivity index (χ4v) is 0.674. The smallest absolute Gasteiger partial charge is 0.213 e. The lowest BCUT2D eigenvalue weighted by atomic mass is 10.5. The monoisotopic (exact) mass is 146 g/mol. The molecular formula is C6H5ClFN. The minimum absolute atomic E-state index is 0.262. The van der Waals surface area contributed by atoms with E-state index < -0.39 is 5.95 Å². The molecular weight excluding hydrogens is 142 g/mol. The predicted octanol–water partition coefficient (Wildman–Crippen LogP) is 1.96. The zero-order chi connectivity index (χ0) is 6.69.